The predicted octanol–water partition coefficient (Wildman–Crippen LogP) is 2.56. The molecule has 6 nitrogen and oxygen atoms in total. The zero-order chi connectivity index (χ0) is 16.1. The fraction of sp³-hybridized carbons (Fsp3) is 0.188. The number of Topliss-reactive ketones (excluding diaryl/α,β-unsaturated/α-hetero) is 1. The highest BCUT2D eigenvalue weighted by molar-refractivity contribution is 6.14. The molecule has 0 spiro atoms. The van der Waals surface area contributed by atoms with Gasteiger partial charge < -0.3 is 14.5 Å². The molecule has 2 aromatic rings. The monoisotopic (exact) mass is 298 g/mol. The molecule has 0 aliphatic heterocycles. The quantitative estimate of drug-likeness (QED) is 0.676. The van der Waals surface area contributed by atoms with Gasteiger partial charge in [-0.3, -0.25) is 9.59 Å². The minimum atomic E-state index is -1.48. The topological polar surface area (TPSA) is 92.3 Å². The number of carbonyl (C=O) groups is 2. The van der Waals surface area contributed by atoms with Crippen LogP contribution in [-0.2, 0) is 4.79 Å². The lowest BCUT2D eigenvalue weighted by atomic mass is 10.0. The summed E-state index contributed by atoms with van der Waals surface area (Å²) in [4.78, 5) is 24.3. The number of benzene rings is 1. The van der Waals surface area contributed by atoms with Crippen LogP contribution in [0.2, 0.25) is 0 Å². The van der Waals surface area contributed by atoms with Crippen molar-refractivity contribution in [1.82, 2.24) is 0 Å². The second-order valence-corrected chi connectivity index (χ2v) is 4.56. The van der Waals surface area contributed by atoms with Crippen LogP contribution in [0.3, 0.4) is 0 Å². The van der Waals surface area contributed by atoms with Gasteiger partial charge in [0.15, 0.2) is 11.7 Å². The first-order valence-electron chi connectivity index (χ1n) is 6.50. The second kappa shape index (κ2) is 6.59. The molecule has 1 aromatic heterocycles. The zero-order valence-electron chi connectivity index (χ0n) is 12.1. The van der Waals surface area contributed by atoms with Crippen LogP contribution in [0.25, 0.3) is 0 Å². The molecule has 1 atom stereocenters. The Bertz CT molecular complexity index is 743. The number of hydrogen-bond acceptors (Lipinski definition) is 5. The molecule has 0 radical (unpaired) electrons. The number of methoxy groups -OCH3 is 1. The third-order valence-electron chi connectivity index (χ3n) is 2.97. The minimum absolute atomic E-state index is 0.00941. The van der Waals surface area contributed by atoms with E-state index in [2.05, 4.69) is 5.32 Å². The van der Waals surface area contributed by atoms with Crippen molar-refractivity contribution in [2.75, 3.05) is 12.4 Å². The number of hydrogen-bond donors (Lipinski definition) is 1. The number of nitriles is 1. The molecule has 0 unspecified atom stereocenters. The third kappa shape index (κ3) is 3.33. The molecule has 22 heavy (non-hydrogen) atoms. The molecule has 0 saturated heterocycles. The van der Waals surface area contributed by atoms with Gasteiger partial charge in [0.05, 0.1) is 13.2 Å². The number of anilines is 1. The fourth-order valence-corrected chi connectivity index (χ4v) is 1.86. The molecule has 1 amide bonds. The van der Waals surface area contributed by atoms with Gasteiger partial charge in [-0.1, -0.05) is 6.07 Å². The van der Waals surface area contributed by atoms with Gasteiger partial charge in [0, 0.05) is 11.8 Å². The summed E-state index contributed by atoms with van der Waals surface area (Å²) in [5.74, 6) is -1.78. The summed E-state index contributed by atoms with van der Waals surface area (Å²) in [6.45, 7) is 1.68. The van der Waals surface area contributed by atoms with Crippen LogP contribution in [0.15, 0.2) is 40.8 Å². The Kier molecular flexibility index (Phi) is 4.59. The van der Waals surface area contributed by atoms with Gasteiger partial charge in [0.2, 0.25) is 11.7 Å². The number of ether oxygens (including phenoxy) is 1. The number of aryl methyl sites for hydroxylation is 1. The lowest BCUT2D eigenvalue weighted by molar-refractivity contribution is -0.117. The fourth-order valence-electron chi connectivity index (χ4n) is 1.86. The van der Waals surface area contributed by atoms with Crippen molar-refractivity contribution in [1.29, 1.82) is 5.26 Å². The van der Waals surface area contributed by atoms with Gasteiger partial charge in [-0.2, -0.15) is 5.26 Å². The molecular formula is C16H14N2O4. The maximum absolute atomic E-state index is 12.1. The molecule has 0 bridgehead atoms. The van der Waals surface area contributed by atoms with Crippen LogP contribution < -0.4 is 10.1 Å². The normalized spacial score (nSPS) is 11.3. The smallest absolute Gasteiger partial charge is 0.249 e. The van der Waals surface area contributed by atoms with Gasteiger partial charge in [-0.05, 0) is 31.2 Å². The summed E-state index contributed by atoms with van der Waals surface area (Å²) in [7, 11) is 1.50. The summed E-state index contributed by atoms with van der Waals surface area (Å²) in [5.41, 5.74) is 0.438. The van der Waals surface area contributed by atoms with Gasteiger partial charge in [-0.15, -0.1) is 0 Å². The number of furan rings is 1. The van der Waals surface area contributed by atoms with Crippen molar-refractivity contribution in [3.05, 3.63) is 47.9 Å². The largest absolute Gasteiger partial charge is 0.497 e. The number of rotatable bonds is 5. The zero-order valence-corrected chi connectivity index (χ0v) is 12.1. The Morgan fingerprint density at radius 2 is 2.09 bits per heavy atom. The summed E-state index contributed by atoms with van der Waals surface area (Å²) in [6.07, 6.45) is 0. The van der Waals surface area contributed by atoms with Gasteiger partial charge >= 0.3 is 0 Å². The SMILES string of the molecule is COc1cccc(NC(=O)[C@@H](C#N)C(=O)c2ccc(C)o2)c1. The van der Waals surface area contributed by atoms with Crippen molar-refractivity contribution < 1.29 is 18.7 Å². The van der Waals surface area contributed by atoms with Crippen LogP contribution in [0.5, 0.6) is 5.75 Å². The van der Waals surface area contributed by atoms with Crippen molar-refractivity contribution in [3.8, 4) is 11.8 Å². The first-order chi connectivity index (χ1) is 10.5. The number of amides is 1. The molecule has 0 fully saturated rings. The predicted molar refractivity (Wildman–Crippen MR) is 78.5 cm³/mol. The minimum Gasteiger partial charge on any atom is -0.497 e. The van der Waals surface area contributed by atoms with Crippen LogP contribution in [0, 0.1) is 24.2 Å². The summed E-state index contributed by atoms with van der Waals surface area (Å²) < 4.78 is 10.2. The van der Waals surface area contributed by atoms with E-state index < -0.39 is 17.6 Å². The second-order valence-electron chi connectivity index (χ2n) is 4.56. The highest BCUT2D eigenvalue weighted by Gasteiger charge is 2.29. The molecule has 6 heteroatoms. The number of carbonyl (C=O) groups excluding carboxylic acids is 2. The van der Waals surface area contributed by atoms with Crippen LogP contribution in [0.4, 0.5) is 5.69 Å². The van der Waals surface area contributed by atoms with E-state index in [0.717, 1.165) is 0 Å². The Morgan fingerprint density at radius 3 is 2.68 bits per heavy atom. The Labute approximate surface area is 127 Å². The average Bonchev–Trinajstić information content (AvgIpc) is 2.94. The van der Waals surface area contributed by atoms with E-state index in [1.165, 1.54) is 13.2 Å². The highest BCUT2D eigenvalue weighted by Crippen LogP contribution is 2.19. The van der Waals surface area contributed by atoms with E-state index in [0.29, 0.717) is 17.2 Å². The van der Waals surface area contributed by atoms with Gasteiger partial charge in [-0.25, -0.2) is 0 Å². The molecule has 2 rings (SSSR count). The van der Waals surface area contributed by atoms with Crippen molar-refractivity contribution in [2.45, 2.75) is 6.92 Å². The van der Waals surface area contributed by atoms with Crippen molar-refractivity contribution >= 4 is 17.4 Å². The van der Waals surface area contributed by atoms with Crippen LogP contribution >= 0.6 is 0 Å². The molecule has 112 valence electrons. The van der Waals surface area contributed by atoms with E-state index >= 15 is 0 Å². The number of nitrogens with one attached hydrogen (secondary N) is 1. The lowest BCUT2D eigenvalue weighted by Crippen LogP contribution is -2.28. The molecule has 1 aromatic carbocycles. The summed E-state index contributed by atoms with van der Waals surface area (Å²) in [5, 5.41) is 11.6. The van der Waals surface area contributed by atoms with E-state index in [1.54, 1.807) is 43.3 Å². The van der Waals surface area contributed by atoms with E-state index in [1.807, 2.05) is 0 Å². The van der Waals surface area contributed by atoms with Crippen molar-refractivity contribution in [3.63, 3.8) is 0 Å². The van der Waals surface area contributed by atoms with Crippen molar-refractivity contribution in [2.24, 2.45) is 5.92 Å². The molecule has 0 saturated carbocycles. The molecular weight excluding hydrogens is 284 g/mol. The number of nitrogens with zero attached hydrogens (tertiary/aromatic N) is 1. The molecule has 1 heterocycles. The molecule has 0 aliphatic carbocycles. The van der Waals surface area contributed by atoms with E-state index in [4.69, 9.17) is 14.4 Å². The van der Waals surface area contributed by atoms with Crippen LogP contribution in [0.1, 0.15) is 16.3 Å². The average molecular weight is 298 g/mol. The Hall–Kier alpha value is -3.07. The maximum Gasteiger partial charge on any atom is 0.249 e. The summed E-state index contributed by atoms with van der Waals surface area (Å²) >= 11 is 0. The lowest BCUT2D eigenvalue weighted by Gasteiger charge is -2.09. The maximum atomic E-state index is 12.1. The first kappa shape index (κ1) is 15.3. The number of ketones is 1. The Morgan fingerprint density at radius 1 is 1.32 bits per heavy atom. The highest BCUT2D eigenvalue weighted by atomic mass is 16.5. The van der Waals surface area contributed by atoms with E-state index in [-0.39, 0.29) is 5.76 Å². The standard InChI is InChI=1S/C16H14N2O4/c1-10-6-7-14(22-10)15(19)13(9-17)16(20)18-11-4-3-5-12(8-11)21-2/h3-8,13H,1-2H3,(H,18,20)/t13-/m0/s1. The van der Waals surface area contributed by atoms with Gasteiger partial charge in [0.1, 0.15) is 11.5 Å². The van der Waals surface area contributed by atoms with Gasteiger partial charge in [0.25, 0.3) is 0 Å². The first-order valence-corrected chi connectivity index (χ1v) is 6.50. The summed E-state index contributed by atoms with van der Waals surface area (Å²) in [6, 6.07) is 11.4. The van der Waals surface area contributed by atoms with E-state index in [9.17, 15) is 9.59 Å². The van der Waals surface area contributed by atoms with Crippen LogP contribution in [-0.4, -0.2) is 18.8 Å². The Balaban J connectivity index is 2.15. The third-order valence-corrected chi connectivity index (χ3v) is 2.97. The molecule has 0 aliphatic rings. The molecule has 1 N–H and O–H groups in total.